The van der Waals surface area contributed by atoms with E-state index in [0.717, 1.165) is 16.9 Å². The highest BCUT2D eigenvalue weighted by atomic mass is 32.1. The van der Waals surface area contributed by atoms with Gasteiger partial charge in [-0.05, 0) is 42.3 Å². The molecule has 0 saturated heterocycles. The molecule has 0 aliphatic heterocycles. The topological polar surface area (TPSA) is 68.0 Å². The first-order valence-corrected chi connectivity index (χ1v) is 10.2. The predicted octanol–water partition coefficient (Wildman–Crippen LogP) is 4.62. The van der Waals surface area contributed by atoms with Gasteiger partial charge in [-0.1, -0.05) is 48.8 Å². The van der Waals surface area contributed by atoms with Crippen LogP contribution in [0.15, 0.2) is 46.3 Å². The molecule has 5 nitrogen and oxygen atoms in total. The van der Waals surface area contributed by atoms with Crippen molar-refractivity contribution in [2.75, 3.05) is 0 Å². The summed E-state index contributed by atoms with van der Waals surface area (Å²) < 4.78 is 5.08. The van der Waals surface area contributed by atoms with Gasteiger partial charge in [-0.15, -0.1) is 11.3 Å². The fourth-order valence-electron chi connectivity index (χ4n) is 2.93. The number of carbonyl (C=O) groups is 1. The Kier molecular flexibility index (Phi) is 6.76. The van der Waals surface area contributed by atoms with Crippen LogP contribution in [0.2, 0.25) is 0 Å². The molecule has 0 radical (unpaired) electrons. The number of aromatic nitrogens is 2. The lowest BCUT2D eigenvalue weighted by atomic mass is 10.0. The normalized spacial score (nSPS) is 12.1. The van der Waals surface area contributed by atoms with Crippen molar-refractivity contribution in [2.45, 2.75) is 52.0 Å². The van der Waals surface area contributed by atoms with Crippen molar-refractivity contribution in [3.05, 3.63) is 69.5 Å². The summed E-state index contributed by atoms with van der Waals surface area (Å²) in [6.07, 6.45) is 4.24. The van der Waals surface area contributed by atoms with Gasteiger partial charge in [-0.25, -0.2) is 0 Å². The summed E-state index contributed by atoms with van der Waals surface area (Å²) in [4.78, 5) is 17.8. The van der Waals surface area contributed by atoms with Gasteiger partial charge in [0.05, 0.1) is 6.04 Å². The lowest BCUT2D eigenvalue weighted by molar-refractivity contribution is -0.121. The number of amides is 1. The molecule has 6 heteroatoms. The number of hydrogen-bond acceptors (Lipinski definition) is 5. The minimum Gasteiger partial charge on any atom is -0.344 e. The molecule has 0 spiro atoms. The molecule has 0 saturated carbocycles. The Balaban J connectivity index is 1.67. The van der Waals surface area contributed by atoms with Crippen molar-refractivity contribution in [3.8, 4) is 0 Å². The molecule has 2 aromatic heterocycles. The SMILES string of the molecule is CCCCc1ccc(C(NC(=O)CCc2nc(C)no2)c2cccs2)cc1. The van der Waals surface area contributed by atoms with E-state index in [2.05, 4.69) is 52.7 Å². The molecule has 0 aliphatic rings. The van der Waals surface area contributed by atoms with Crippen LogP contribution in [0.3, 0.4) is 0 Å². The summed E-state index contributed by atoms with van der Waals surface area (Å²) in [5.74, 6) is 1.06. The average molecular weight is 384 g/mol. The number of nitrogens with one attached hydrogen (secondary N) is 1. The van der Waals surface area contributed by atoms with Crippen molar-refractivity contribution >= 4 is 17.2 Å². The van der Waals surface area contributed by atoms with Crippen molar-refractivity contribution in [1.82, 2.24) is 15.5 Å². The minimum absolute atomic E-state index is 0.0284. The number of nitrogens with zero attached hydrogens (tertiary/aromatic N) is 2. The maximum atomic E-state index is 12.5. The van der Waals surface area contributed by atoms with Gasteiger partial charge in [0.2, 0.25) is 11.8 Å². The molecule has 27 heavy (non-hydrogen) atoms. The highest BCUT2D eigenvalue weighted by molar-refractivity contribution is 7.10. The number of unbranched alkanes of at least 4 members (excludes halogenated alkanes) is 1. The van der Waals surface area contributed by atoms with Crippen molar-refractivity contribution in [2.24, 2.45) is 0 Å². The van der Waals surface area contributed by atoms with Crippen LogP contribution in [0, 0.1) is 6.92 Å². The van der Waals surface area contributed by atoms with Crippen LogP contribution in [0.1, 0.15) is 59.9 Å². The molecule has 142 valence electrons. The van der Waals surface area contributed by atoms with E-state index in [1.54, 1.807) is 18.3 Å². The van der Waals surface area contributed by atoms with E-state index in [1.165, 1.54) is 18.4 Å². The second-order valence-corrected chi connectivity index (χ2v) is 7.58. The first kappa shape index (κ1) is 19.3. The van der Waals surface area contributed by atoms with Crippen LogP contribution >= 0.6 is 11.3 Å². The Bertz CT molecular complexity index is 841. The summed E-state index contributed by atoms with van der Waals surface area (Å²) in [5, 5.41) is 8.95. The second-order valence-electron chi connectivity index (χ2n) is 6.60. The van der Waals surface area contributed by atoms with Crippen LogP contribution in [0.4, 0.5) is 0 Å². The van der Waals surface area contributed by atoms with E-state index in [9.17, 15) is 4.79 Å². The number of carbonyl (C=O) groups excluding carboxylic acids is 1. The van der Waals surface area contributed by atoms with Crippen molar-refractivity contribution in [3.63, 3.8) is 0 Å². The molecule has 0 fully saturated rings. The van der Waals surface area contributed by atoms with Gasteiger partial charge in [-0.3, -0.25) is 4.79 Å². The summed E-state index contributed by atoms with van der Waals surface area (Å²) in [7, 11) is 0. The third kappa shape index (κ3) is 5.50. The Morgan fingerprint density at radius 3 is 2.67 bits per heavy atom. The van der Waals surface area contributed by atoms with E-state index >= 15 is 0 Å². The predicted molar refractivity (Wildman–Crippen MR) is 107 cm³/mol. The molecule has 0 bridgehead atoms. The lowest BCUT2D eigenvalue weighted by Crippen LogP contribution is -2.29. The van der Waals surface area contributed by atoms with Gasteiger partial charge >= 0.3 is 0 Å². The van der Waals surface area contributed by atoms with E-state index in [4.69, 9.17) is 4.52 Å². The summed E-state index contributed by atoms with van der Waals surface area (Å²) in [6.45, 7) is 3.97. The van der Waals surface area contributed by atoms with Crippen molar-refractivity contribution < 1.29 is 9.32 Å². The summed E-state index contributed by atoms with van der Waals surface area (Å²) in [5.41, 5.74) is 2.43. The molecule has 2 heterocycles. The first-order valence-electron chi connectivity index (χ1n) is 9.36. The maximum Gasteiger partial charge on any atom is 0.227 e. The Morgan fingerprint density at radius 2 is 2.04 bits per heavy atom. The highest BCUT2D eigenvalue weighted by Crippen LogP contribution is 2.26. The van der Waals surface area contributed by atoms with Crippen LogP contribution in [0.5, 0.6) is 0 Å². The fourth-order valence-corrected chi connectivity index (χ4v) is 3.73. The number of benzene rings is 1. The zero-order valence-corrected chi connectivity index (χ0v) is 16.6. The average Bonchev–Trinajstić information content (AvgIpc) is 3.35. The molecular formula is C21H25N3O2S. The highest BCUT2D eigenvalue weighted by Gasteiger charge is 2.18. The third-order valence-electron chi connectivity index (χ3n) is 4.40. The van der Waals surface area contributed by atoms with E-state index < -0.39 is 0 Å². The monoisotopic (exact) mass is 383 g/mol. The van der Waals surface area contributed by atoms with E-state index in [0.29, 0.717) is 24.6 Å². The van der Waals surface area contributed by atoms with Gasteiger partial charge in [0.25, 0.3) is 0 Å². The minimum atomic E-state index is -0.137. The van der Waals surface area contributed by atoms with Gasteiger partial charge in [0.15, 0.2) is 5.82 Å². The molecule has 1 atom stereocenters. The molecule has 1 amide bonds. The Hall–Kier alpha value is -2.47. The first-order chi connectivity index (χ1) is 13.2. The van der Waals surface area contributed by atoms with E-state index in [-0.39, 0.29) is 11.9 Å². The zero-order chi connectivity index (χ0) is 19.1. The maximum absolute atomic E-state index is 12.5. The molecule has 3 aromatic rings. The molecule has 1 unspecified atom stereocenters. The van der Waals surface area contributed by atoms with Crippen molar-refractivity contribution in [1.29, 1.82) is 0 Å². The standard InChI is InChI=1S/C21H25N3O2S/c1-3-4-6-16-8-10-17(11-9-16)21(18-7-5-14-27-18)23-19(25)12-13-20-22-15(2)24-26-20/h5,7-11,14,21H,3-4,6,12-13H2,1-2H3,(H,23,25). The Morgan fingerprint density at radius 1 is 1.22 bits per heavy atom. The molecule has 1 aromatic carbocycles. The zero-order valence-electron chi connectivity index (χ0n) is 15.8. The number of thiophene rings is 1. The molecule has 3 rings (SSSR count). The Labute approximate surface area is 163 Å². The third-order valence-corrected chi connectivity index (χ3v) is 5.34. The van der Waals surface area contributed by atoms with Crippen LogP contribution < -0.4 is 5.32 Å². The summed E-state index contributed by atoms with van der Waals surface area (Å²) in [6, 6.07) is 12.5. The second kappa shape index (κ2) is 9.46. The summed E-state index contributed by atoms with van der Waals surface area (Å²) >= 11 is 1.65. The van der Waals surface area contributed by atoms with Gasteiger partial charge in [0.1, 0.15) is 0 Å². The van der Waals surface area contributed by atoms with Gasteiger partial charge in [0, 0.05) is 17.7 Å². The number of hydrogen-bond donors (Lipinski definition) is 1. The number of rotatable bonds is 9. The molecule has 1 N–H and O–H groups in total. The quantitative estimate of drug-likeness (QED) is 0.585. The van der Waals surface area contributed by atoms with Gasteiger partial charge < -0.3 is 9.84 Å². The van der Waals surface area contributed by atoms with Crippen LogP contribution in [-0.2, 0) is 17.6 Å². The molecule has 0 aliphatic carbocycles. The smallest absolute Gasteiger partial charge is 0.227 e. The molecular weight excluding hydrogens is 358 g/mol. The largest absolute Gasteiger partial charge is 0.344 e. The number of aryl methyl sites for hydroxylation is 3. The van der Waals surface area contributed by atoms with E-state index in [1.807, 2.05) is 11.4 Å². The fraction of sp³-hybridized carbons (Fsp3) is 0.381. The lowest BCUT2D eigenvalue weighted by Gasteiger charge is -2.18. The van der Waals surface area contributed by atoms with Crippen LogP contribution in [0.25, 0.3) is 0 Å². The van der Waals surface area contributed by atoms with Crippen LogP contribution in [-0.4, -0.2) is 16.0 Å². The van der Waals surface area contributed by atoms with Gasteiger partial charge in [-0.2, -0.15) is 4.98 Å².